The first-order valence-corrected chi connectivity index (χ1v) is 8.88. The predicted octanol–water partition coefficient (Wildman–Crippen LogP) is 4.37. The number of aliphatic carboxylic acids is 1. The van der Waals surface area contributed by atoms with Crippen LogP contribution in [0.2, 0.25) is 0 Å². The lowest BCUT2D eigenvalue weighted by Gasteiger charge is -2.07. The molecule has 3 aromatic rings. The highest BCUT2D eigenvalue weighted by atomic mass is 32.1. The number of nitrogens with zero attached hydrogens (tertiary/aromatic N) is 1. The fraction of sp³-hybridized carbons (Fsp3) is 0.222. The van der Waals surface area contributed by atoms with Gasteiger partial charge in [0.1, 0.15) is 0 Å². The van der Waals surface area contributed by atoms with Crippen LogP contribution in [0.5, 0.6) is 10.8 Å². The summed E-state index contributed by atoms with van der Waals surface area (Å²) in [6.45, 7) is 1.43. The normalized spacial score (nSPS) is 11.7. The zero-order valence-corrected chi connectivity index (χ0v) is 15.8. The van der Waals surface area contributed by atoms with E-state index in [2.05, 4.69) is 4.74 Å². The number of ether oxygens (including phenoxy) is 2. The first-order valence-electron chi connectivity index (χ1n) is 8.00. The predicted molar refractivity (Wildman–Crippen MR) is 95.3 cm³/mol. The molecular formula is C18H13F4NO5S. The van der Waals surface area contributed by atoms with Crippen LogP contribution in [0.4, 0.5) is 17.6 Å². The smallest absolute Gasteiger partial charge is 0.494 e. The summed E-state index contributed by atoms with van der Waals surface area (Å²) in [4.78, 5) is 24.2. The molecule has 11 heteroatoms. The molecule has 0 fully saturated rings. The van der Waals surface area contributed by atoms with E-state index in [1.54, 1.807) is 0 Å². The third-order valence-electron chi connectivity index (χ3n) is 4.19. The molecule has 0 spiro atoms. The second kappa shape index (κ2) is 7.39. The number of hydrogen-bond donors (Lipinski definition) is 1. The Kier molecular flexibility index (Phi) is 5.26. The standard InChI is InChI=1S/C18H13F4NO5S/c1-8-10(6-13(24)25)15-11(3-4-12(27-2)16(15)19)23(8)17(26)9-5-14(29-7-9)28-18(20,21)22/h3-5,7H,6H2,1-2H3,(H,24,25). The second-order valence-corrected chi connectivity index (χ2v) is 6.83. The maximum atomic E-state index is 14.8. The van der Waals surface area contributed by atoms with Crippen LogP contribution in [-0.4, -0.2) is 35.0 Å². The Morgan fingerprint density at radius 2 is 1.97 bits per heavy atom. The van der Waals surface area contributed by atoms with Gasteiger partial charge >= 0.3 is 12.3 Å². The number of rotatable bonds is 5. The maximum Gasteiger partial charge on any atom is 0.573 e. The van der Waals surface area contributed by atoms with Crippen molar-refractivity contribution in [3.05, 3.63) is 46.2 Å². The molecule has 0 aliphatic carbocycles. The fourth-order valence-corrected chi connectivity index (χ4v) is 3.78. The molecule has 0 amide bonds. The summed E-state index contributed by atoms with van der Waals surface area (Å²) in [6.07, 6.45) is -5.46. The van der Waals surface area contributed by atoms with Gasteiger partial charge in [-0.05, 0) is 24.6 Å². The van der Waals surface area contributed by atoms with Gasteiger partial charge < -0.3 is 14.6 Å². The second-order valence-electron chi connectivity index (χ2n) is 5.95. The van der Waals surface area contributed by atoms with Crippen LogP contribution in [0.1, 0.15) is 21.6 Å². The number of hydrogen-bond acceptors (Lipinski definition) is 5. The van der Waals surface area contributed by atoms with Gasteiger partial charge in [0, 0.05) is 22.5 Å². The van der Waals surface area contributed by atoms with Crippen molar-refractivity contribution in [3.63, 3.8) is 0 Å². The molecule has 0 saturated carbocycles. The summed E-state index contributed by atoms with van der Waals surface area (Å²) in [5.41, 5.74) is 0.183. The third kappa shape index (κ3) is 3.90. The van der Waals surface area contributed by atoms with Gasteiger partial charge in [0.25, 0.3) is 5.91 Å². The topological polar surface area (TPSA) is 77.8 Å². The quantitative estimate of drug-likeness (QED) is 0.607. The van der Waals surface area contributed by atoms with E-state index in [9.17, 15) is 32.3 Å². The molecule has 0 aliphatic heterocycles. The lowest BCUT2D eigenvalue weighted by Crippen LogP contribution is -2.16. The number of carbonyl (C=O) groups excluding carboxylic acids is 1. The molecule has 0 saturated heterocycles. The van der Waals surface area contributed by atoms with Crippen LogP contribution in [-0.2, 0) is 11.2 Å². The van der Waals surface area contributed by atoms with Crippen molar-refractivity contribution in [1.29, 1.82) is 0 Å². The Bertz CT molecular complexity index is 1120. The van der Waals surface area contributed by atoms with Gasteiger partial charge in [0.05, 0.1) is 24.6 Å². The Balaban J connectivity index is 2.16. The molecule has 29 heavy (non-hydrogen) atoms. The molecule has 2 aromatic heterocycles. The van der Waals surface area contributed by atoms with Crippen molar-refractivity contribution < 1.29 is 41.7 Å². The Morgan fingerprint density at radius 1 is 1.28 bits per heavy atom. The van der Waals surface area contributed by atoms with E-state index in [-0.39, 0.29) is 33.5 Å². The average molecular weight is 431 g/mol. The summed E-state index contributed by atoms with van der Waals surface area (Å²) in [5, 5.41) is 9.72. The Labute approximate surface area is 164 Å². The maximum absolute atomic E-state index is 14.8. The van der Waals surface area contributed by atoms with Crippen LogP contribution in [0.3, 0.4) is 0 Å². The molecule has 1 aromatic carbocycles. The lowest BCUT2D eigenvalue weighted by atomic mass is 10.1. The van der Waals surface area contributed by atoms with Crippen molar-refractivity contribution in [2.75, 3.05) is 7.11 Å². The fourth-order valence-electron chi connectivity index (χ4n) is 3.03. The van der Waals surface area contributed by atoms with Crippen molar-refractivity contribution in [2.45, 2.75) is 19.7 Å². The minimum absolute atomic E-state index is 0.0687. The number of benzene rings is 1. The summed E-state index contributed by atoms with van der Waals surface area (Å²) in [5.74, 6) is -2.95. The van der Waals surface area contributed by atoms with Gasteiger partial charge in [-0.25, -0.2) is 4.39 Å². The molecule has 0 atom stereocenters. The van der Waals surface area contributed by atoms with Crippen molar-refractivity contribution in [3.8, 4) is 10.8 Å². The summed E-state index contributed by atoms with van der Waals surface area (Å²) in [7, 11) is 1.24. The number of carboxylic acids is 1. The van der Waals surface area contributed by atoms with Gasteiger partial charge in [-0.3, -0.25) is 14.2 Å². The van der Waals surface area contributed by atoms with E-state index >= 15 is 0 Å². The van der Waals surface area contributed by atoms with Gasteiger partial charge in [0.15, 0.2) is 16.6 Å². The Hall–Kier alpha value is -3.08. The highest BCUT2D eigenvalue weighted by Crippen LogP contribution is 2.35. The first-order chi connectivity index (χ1) is 13.5. The van der Waals surface area contributed by atoms with E-state index in [1.165, 1.54) is 31.5 Å². The van der Waals surface area contributed by atoms with Gasteiger partial charge in [-0.1, -0.05) is 0 Å². The first kappa shape index (κ1) is 20.6. The van der Waals surface area contributed by atoms with E-state index in [0.717, 1.165) is 10.6 Å². The zero-order valence-electron chi connectivity index (χ0n) is 15.0. The minimum Gasteiger partial charge on any atom is -0.494 e. The SMILES string of the molecule is COc1ccc2c(c1F)c(CC(=O)O)c(C)n2C(=O)c1csc(OC(F)(F)F)c1. The summed E-state index contributed by atoms with van der Waals surface area (Å²) >= 11 is 0.573. The number of carbonyl (C=O) groups is 2. The van der Waals surface area contributed by atoms with Crippen LogP contribution in [0, 0.1) is 12.7 Å². The molecule has 3 rings (SSSR count). The van der Waals surface area contributed by atoms with E-state index in [4.69, 9.17) is 4.74 Å². The van der Waals surface area contributed by atoms with Gasteiger partial charge in [-0.15, -0.1) is 24.5 Å². The summed E-state index contributed by atoms with van der Waals surface area (Å²) < 4.78 is 61.7. The number of carboxylic acid groups (broad SMARTS) is 1. The molecule has 1 N–H and O–H groups in total. The third-order valence-corrected chi connectivity index (χ3v) is 4.99. The van der Waals surface area contributed by atoms with E-state index in [1.807, 2.05) is 0 Å². The molecule has 0 bridgehead atoms. The number of thiophene rings is 1. The largest absolute Gasteiger partial charge is 0.573 e. The number of methoxy groups -OCH3 is 1. The average Bonchev–Trinajstić information content (AvgIpc) is 3.16. The zero-order chi connectivity index (χ0) is 21.5. The molecule has 2 heterocycles. The molecule has 154 valence electrons. The molecular weight excluding hydrogens is 418 g/mol. The van der Waals surface area contributed by atoms with Crippen molar-refractivity contribution >= 4 is 34.1 Å². The van der Waals surface area contributed by atoms with E-state index < -0.39 is 35.5 Å². The van der Waals surface area contributed by atoms with Crippen molar-refractivity contribution in [1.82, 2.24) is 4.57 Å². The van der Waals surface area contributed by atoms with Crippen molar-refractivity contribution in [2.24, 2.45) is 0 Å². The number of alkyl halides is 3. The lowest BCUT2D eigenvalue weighted by molar-refractivity contribution is -0.273. The van der Waals surface area contributed by atoms with Gasteiger partial charge in [-0.2, -0.15) is 0 Å². The Morgan fingerprint density at radius 3 is 2.55 bits per heavy atom. The summed E-state index contributed by atoms with van der Waals surface area (Å²) in [6, 6.07) is 3.58. The van der Waals surface area contributed by atoms with E-state index in [0.29, 0.717) is 11.3 Å². The highest BCUT2D eigenvalue weighted by molar-refractivity contribution is 7.12. The van der Waals surface area contributed by atoms with Crippen LogP contribution >= 0.6 is 11.3 Å². The molecule has 0 aliphatic rings. The number of fused-ring (bicyclic) bond motifs is 1. The molecule has 0 unspecified atom stereocenters. The molecule has 0 radical (unpaired) electrons. The van der Waals surface area contributed by atoms with Crippen LogP contribution in [0.15, 0.2) is 23.6 Å². The van der Waals surface area contributed by atoms with Gasteiger partial charge in [0.2, 0.25) is 0 Å². The monoisotopic (exact) mass is 431 g/mol. The number of halogens is 4. The van der Waals surface area contributed by atoms with Crippen LogP contribution < -0.4 is 9.47 Å². The minimum atomic E-state index is -4.91. The molecule has 6 nitrogen and oxygen atoms in total. The van der Waals surface area contributed by atoms with Crippen LogP contribution in [0.25, 0.3) is 10.9 Å². The highest BCUT2D eigenvalue weighted by Gasteiger charge is 2.32. The number of aromatic nitrogens is 1.